The summed E-state index contributed by atoms with van der Waals surface area (Å²) in [5, 5.41) is 8.08. The van der Waals surface area contributed by atoms with E-state index in [1.165, 1.54) is 0 Å². The molecule has 0 fully saturated rings. The van der Waals surface area contributed by atoms with E-state index >= 15 is 0 Å². The van der Waals surface area contributed by atoms with Crippen molar-refractivity contribution < 1.29 is 9.84 Å². The molecule has 0 aliphatic heterocycles. The molecule has 0 amide bonds. The van der Waals surface area contributed by atoms with Gasteiger partial charge in [-0.3, -0.25) is 0 Å². The highest BCUT2D eigenvalue weighted by molar-refractivity contribution is 4.87. The predicted molar refractivity (Wildman–Crippen MR) is 31.4 cm³/mol. The Balaban J connectivity index is 3.29. The van der Waals surface area contributed by atoms with E-state index in [1.54, 1.807) is 6.92 Å². The lowest BCUT2D eigenvalue weighted by molar-refractivity contribution is 0.130. The third-order valence-electron chi connectivity index (χ3n) is 0.730. The molecule has 0 heterocycles. The number of aliphatic hydroxyl groups is 1. The second-order valence-corrected chi connectivity index (χ2v) is 1.45. The monoisotopic (exact) mass is 115 g/mol. The first-order valence-corrected chi connectivity index (χ1v) is 2.60. The summed E-state index contributed by atoms with van der Waals surface area (Å²) >= 11 is 0. The van der Waals surface area contributed by atoms with Gasteiger partial charge in [-0.05, 0) is 13.3 Å². The van der Waals surface area contributed by atoms with E-state index in [9.17, 15) is 0 Å². The molecule has 0 aromatic heterocycles. The quantitative estimate of drug-likeness (QED) is 0.449. The van der Waals surface area contributed by atoms with Crippen molar-refractivity contribution in [2.75, 3.05) is 0 Å². The molecule has 0 saturated carbocycles. The smallest absolute Gasteiger partial charge is 0.0551 e. The summed E-state index contributed by atoms with van der Waals surface area (Å²) in [6, 6.07) is 0. The molecule has 0 spiro atoms. The lowest BCUT2D eigenvalue weighted by atomic mass is 10.4. The van der Waals surface area contributed by atoms with Crippen LogP contribution >= 0.6 is 0 Å². The first-order chi connectivity index (χ1) is 3.81. The SMILES string of the molecule is CC/C=C(/C)O[CH-]O. The molecule has 0 unspecified atom stereocenters. The minimum Gasteiger partial charge on any atom is -0.639 e. The van der Waals surface area contributed by atoms with Crippen molar-refractivity contribution in [2.45, 2.75) is 20.3 Å². The van der Waals surface area contributed by atoms with Crippen molar-refractivity contribution in [2.24, 2.45) is 0 Å². The molecule has 0 aromatic carbocycles. The average molecular weight is 115 g/mol. The lowest BCUT2D eigenvalue weighted by Gasteiger charge is -2.10. The highest BCUT2D eigenvalue weighted by Crippen LogP contribution is 1.96. The summed E-state index contributed by atoms with van der Waals surface area (Å²) in [7, 11) is 0. The highest BCUT2D eigenvalue weighted by atomic mass is 16.6. The van der Waals surface area contributed by atoms with E-state index < -0.39 is 0 Å². The zero-order chi connectivity index (χ0) is 6.41. The molecule has 2 heteroatoms. The second-order valence-electron chi connectivity index (χ2n) is 1.45. The van der Waals surface area contributed by atoms with Crippen LogP contribution < -0.4 is 0 Å². The van der Waals surface area contributed by atoms with Gasteiger partial charge in [0, 0.05) is 0 Å². The molecule has 0 bridgehead atoms. The Morgan fingerprint density at radius 1 is 1.88 bits per heavy atom. The molecular formula is C6H11O2-. The summed E-state index contributed by atoms with van der Waals surface area (Å²) in [5.41, 5.74) is 0. The maximum Gasteiger partial charge on any atom is 0.0551 e. The molecule has 0 aromatic rings. The minimum atomic E-state index is 0.682. The maximum atomic E-state index is 8.08. The number of ether oxygens (including phenoxy) is 1. The van der Waals surface area contributed by atoms with E-state index in [-0.39, 0.29) is 0 Å². The van der Waals surface area contributed by atoms with Gasteiger partial charge in [0.15, 0.2) is 0 Å². The van der Waals surface area contributed by atoms with Crippen LogP contribution in [0.3, 0.4) is 0 Å². The Bertz CT molecular complexity index is 76.6. The van der Waals surface area contributed by atoms with Gasteiger partial charge >= 0.3 is 0 Å². The summed E-state index contributed by atoms with van der Waals surface area (Å²) in [6.07, 6.45) is 2.81. The molecule has 1 N–H and O–H groups in total. The number of allylic oxidation sites excluding steroid dienone is 2. The molecule has 0 rings (SSSR count). The molecule has 2 nitrogen and oxygen atoms in total. The molecule has 0 aliphatic carbocycles. The standard InChI is InChI=1S/C6H11O2/c1-3-4-6(2)8-5-7/h4-5,7H,3H2,1-2H3/q-1/b6-4-. The molecule has 0 aliphatic rings. The van der Waals surface area contributed by atoms with E-state index in [0.717, 1.165) is 12.2 Å². The maximum absolute atomic E-state index is 8.08. The molecule has 0 radical (unpaired) electrons. The van der Waals surface area contributed by atoms with E-state index in [0.29, 0.717) is 6.79 Å². The zero-order valence-corrected chi connectivity index (χ0v) is 5.22. The minimum absolute atomic E-state index is 0.682. The van der Waals surface area contributed by atoms with Gasteiger partial charge < -0.3 is 9.84 Å². The van der Waals surface area contributed by atoms with Crippen LogP contribution in [0.2, 0.25) is 0 Å². The third-order valence-corrected chi connectivity index (χ3v) is 0.730. The van der Waals surface area contributed by atoms with E-state index in [2.05, 4.69) is 4.74 Å². The zero-order valence-electron chi connectivity index (χ0n) is 5.22. The number of hydrogen-bond acceptors (Lipinski definition) is 2. The van der Waals surface area contributed by atoms with Crippen molar-refractivity contribution >= 4 is 0 Å². The van der Waals surface area contributed by atoms with Gasteiger partial charge in [0.05, 0.1) is 5.76 Å². The Labute approximate surface area is 49.8 Å². The normalized spacial score (nSPS) is 11.6. The Morgan fingerprint density at radius 3 is 2.88 bits per heavy atom. The third kappa shape index (κ3) is 3.68. The van der Waals surface area contributed by atoms with Crippen molar-refractivity contribution in [1.29, 1.82) is 0 Å². The Morgan fingerprint density at radius 2 is 2.50 bits per heavy atom. The predicted octanol–water partition coefficient (Wildman–Crippen LogP) is 1.81. The summed E-state index contributed by atoms with van der Waals surface area (Å²) in [5.74, 6) is 0.731. The number of hydrogen-bond donors (Lipinski definition) is 1. The Kier molecular flexibility index (Phi) is 4.36. The van der Waals surface area contributed by atoms with Gasteiger partial charge in [0.1, 0.15) is 0 Å². The van der Waals surface area contributed by atoms with Crippen molar-refractivity contribution in [1.82, 2.24) is 0 Å². The fourth-order valence-electron chi connectivity index (χ4n) is 0.419. The fourth-order valence-corrected chi connectivity index (χ4v) is 0.419. The molecule has 8 heavy (non-hydrogen) atoms. The van der Waals surface area contributed by atoms with Gasteiger partial charge in [-0.25, -0.2) is 0 Å². The second kappa shape index (κ2) is 4.65. The first-order valence-electron chi connectivity index (χ1n) is 2.60. The largest absolute Gasteiger partial charge is 0.639 e. The van der Waals surface area contributed by atoms with Crippen molar-refractivity contribution in [3.05, 3.63) is 18.6 Å². The van der Waals surface area contributed by atoms with Crippen LogP contribution in [-0.2, 0) is 4.74 Å². The average Bonchev–Trinajstić information content (AvgIpc) is 1.68. The first kappa shape index (κ1) is 7.50. The van der Waals surface area contributed by atoms with Crippen LogP contribution in [0.5, 0.6) is 0 Å². The van der Waals surface area contributed by atoms with Gasteiger partial charge in [-0.2, -0.15) is 0 Å². The van der Waals surface area contributed by atoms with Crippen LogP contribution in [0.25, 0.3) is 0 Å². The van der Waals surface area contributed by atoms with E-state index in [1.807, 2.05) is 13.0 Å². The van der Waals surface area contributed by atoms with E-state index in [4.69, 9.17) is 5.11 Å². The molecule has 48 valence electrons. The lowest BCUT2D eigenvalue weighted by Crippen LogP contribution is -1.81. The fraction of sp³-hybridized carbons (Fsp3) is 0.500. The Hall–Kier alpha value is -0.500. The number of rotatable bonds is 3. The number of aliphatic hydroxyl groups excluding tert-OH is 1. The van der Waals surface area contributed by atoms with Gasteiger partial charge in [0.25, 0.3) is 0 Å². The van der Waals surface area contributed by atoms with Crippen LogP contribution in [0.15, 0.2) is 11.8 Å². The highest BCUT2D eigenvalue weighted by Gasteiger charge is 1.75. The van der Waals surface area contributed by atoms with Crippen LogP contribution in [0.4, 0.5) is 0 Å². The summed E-state index contributed by atoms with van der Waals surface area (Å²) in [4.78, 5) is 0. The van der Waals surface area contributed by atoms with Crippen molar-refractivity contribution in [3.63, 3.8) is 0 Å². The molecule has 0 atom stereocenters. The molecule has 0 saturated heterocycles. The van der Waals surface area contributed by atoms with Gasteiger partial charge in [-0.1, -0.05) is 19.8 Å². The van der Waals surface area contributed by atoms with Gasteiger partial charge in [0.2, 0.25) is 0 Å². The molecular weight excluding hydrogens is 104 g/mol. The topological polar surface area (TPSA) is 29.5 Å². The van der Waals surface area contributed by atoms with Crippen molar-refractivity contribution in [3.8, 4) is 0 Å². The van der Waals surface area contributed by atoms with Crippen LogP contribution in [0.1, 0.15) is 20.3 Å². The van der Waals surface area contributed by atoms with Crippen LogP contribution in [0, 0.1) is 6.79 Å². The van der Waals surface area contributed by atoms with Gasteiger partial charge in [-0.15, -0.1) is 0 Å². The summed E-state index contributed by atoms with van der Waals surface area (Å²) < 4.78 is 4.57. The van der Waals surface area contributed by atoms with Crippen LogP contribution in [-0.4, -0.2) is 5.11 Å². The summed E-state index contributed by atoms with van der Waals surface area (Å²) in [6.45, 7) is 4.47.